The second kappa shape index (κ2) is 8.37. The Morgan fingerprint density at radius 3 is 2.76 bits per heavy atom. The Bertz CT molecular complexity index is 382. The summed E-state index contributed by atoms with van der Waals surface area (Å²) < 4.78 is 0. The van der Waals surface area contributed by atoms with Crippen molar-refractivity contribution < 1.29 is 32.7 Å². The van der Waals surface area contributed by atoms with Crippen LogP contribution >= 0.6 is 0 Å². The van der Waals surface area contributed by atoms with Crippen molar-refractivity contribution in [2.45, 2.75) is 19.8 Å². The second-order valence-corrected chi connectivity index (χ2v) is 3.67. The maximum Gasteiger partial charge on any atom is 0.113 e. The van der Waals surface area contributed by atoms with Crippen LogP contribution in [0.4, 0.5) is 5.82 Å². The van der Waals surface area contributed by atoms with Gasteiger partial charge in [-0.05, 0) is 18.2 Å². The van der Waals surface area contributed by atoms with E-state index in [0.29, 0.717) is 17.6 Å². The number of amidine groups is 1. The molecule has 5 heteroatoms. The molecule has 4 nitrogen and oxygen atoms in total. The van der Waals surface area contributed by atoms with Gasteiger partial charge in [0.05, 0.1) is 0 Å². The van der Waals surface area contributed by atoms with Gasteiger partial charge in [-0.15, -0.1) is 11.6 Å². The molecule has 0 saturated heterocycles. The predicted octanol–water partition coefficient (Wildman–Crippen LogP) is 1.72. The Morgan fingerprint density at radius 2 is 2.29 bits per heavy atom. The molecular weight excluding hydrogens is 289 g/mol. The Morgan fingerprint density at radius 1 is 1.59 bits per heavy atom. The van der Waals surface area contributed by atoms with Crippen molar-refractivity contribution in [1.82, 2.24) is 10.3 Å². The van der Waals surface area contributed by atoms with Gasteiger partial charge in [-0.2, -0.15) is 6.07 Å². The van der Waals surface area contributed by atoms with Crippen molar-refractivity contribution in [3.05, 3.63) is 36.2 Å². The zero-order valence-corrected chi connectivity index (χ0v) is 13.3. The van der Waals surface area contributed by atoms with E-state index in [1.807, 2.05) is 0 Å². The van der Waals surface area contributed by atoms with E-state index in [1.165, 1.54) is 0 Å². The number of aliphatic imine (C=N–C) groups is 1. The average Bonchev–Trinajstić information content (AvgIpc) is 2.27. The van der Waals surface area contributed by atoms with Gasteiger partial charge in [-0.25, -0.2) is 0 Å². The van der Waals surface area contributed by atoms with Crippen LogP contribution in [0.5, 0.6) is 0 Å². The van der Waals surface area contributed by atoms with E-state index in [-0.39, 0.29) is 32.7 Å². The summed E-state index contributed by atoms with van der Waals surface area (Å²) in [5.41, 5.74) is 6.73. The van der Waals surface area contributed by atoms with Crippen LogP contribution in [0.3, 0.4) is 0 Å². The molecule has 0 aliphatic rings. The molecule has 0 amide bonds. The van der Waals surface area contributed by atoms with Crippen LogP contribution in [0.1, 0.15) is 25.3 Å². The fourth-order valence-electron chi connectivity index (χ4n) is 1.07. The first-order valence-corrected chi connectivity index (χ1v) is 5.19. The van der Waals surface area contributed by atoms with Gasteiger partial charge >= 0.3 is 0 Å². The molecule has 0 aliphatic carbocycles. The van der Waals surface area contributed by atoms with Gasteiger partial charge in [0, 0.05) is 45.6 Å². The maximum absolute atomic E-state index is 5.66. The number of nitrogens with two attached hydrogens (primary N) is 1. The standard InChI is InChI=1S/C12H17N4.Y/c1-9(2)10-4-5-12(15-8-10)16-11(13)6-7-14-3;/h5-9,14H,1-3H3,(H2,13,15,16);/q-1;/b7-6-;. The van der Waals surface area contributed by atoms with E-state index in [2.05, 4.69) is 35.2 Å². The molecule has 1 heterocycles. The van der Waals surface area contributed by atoms with Crippen LogP contribution in [0, 0.1) is 6.07 Å². The fourth-order valence-corrected chi connectivity index (χ4v) is 1.07. The van der Waals surface area contributed by atoms with Gasteiger partial charge in [0.15, 0.2) is 0 Å². The minimum atomic E-state index is 0. The van der Waals surface area contributed by atoms with E-state index in [0.717, 1.165) is 5.56 Å². The largest absolute Gasteiger partial charge is 0.394 e. The molecule has 1 aromatic heterocycles. The molecule has 0 unspecified atom stereocenters. The van der Waals surface area contributed by atoms with Crippen LogP contribution < -0.4 is 11.1 Å². The summed E-state index contributed by atoms with van der Waals surface area (Å²) in [5, 5.41) is 2.84. The quantitative estimate of drug-likeness (QED) is 0.506. The molecule has 17 heavy (non-hydrogen) atoms. The number of hydrogen-bond donors (Lipinski definition) is 2. The summed E-state index contributed by atoms with van der Waals surface area (Å²) in [4.78, 5) is 8.32. The van der Waals surface area contributed by atoms with E-state index >= 15 is 0 Å². The fraction of sp³-hybridized carbons (Fsp3) is 0.333. The minimum Gasteiger partial charge on any atom is -0.394 e. The van der Waals surface area contributed by atoms with Gasteiger partial charge in [0.2, 0.25) is 0 Å². The predicted molar refractivity (Wildman–Crippen MR) is 66.6 cm³/mol. The SMILES string of the molecule is CN/C=C\C(N)=Nc1c[c-]c(C(C)C)cn1.[Y]. The summed E-state index contributed by atoms with van der Waals surface area (Å²) in [6.45, 7) is 4.20. The Balaban J connectivity index is 0.00000256. The Labute approximate surface area is 128 Å². The molecular formula is C12H17N4Y-. The van der Waals surface area contributed by atoms with E-state index in [1.54, 1.807) is 31.6 Å². The van der Waals surface area contributed by atoms with Crippen molar-refractivity contribution in [3.8, 4) is 0 Å². The summed E-state index contributed by atoms with van der Waals surface area (Å²) in [5.74, 6) is 1.40. The first-order chi connectivity index (χ1) is 7.63. The first kappa shape index (κ1) is 16.3. The molecule has 0 aliphatic heterocycles. The van der Waals surface area contributed by atoms with E-state index in [4.69, 9.17) is 5.73 Å². The normalized spacial score (nSPS) is 11.6. The van der Waals surface area contributed by atoms with Crippen molar-refractivity contribution in [2.24, 2.45) is 10.7 Å². The zero-order chi connectivity index (χ0) is 12.0. The molecule has 0 saturated carbocycles. The maximum atomic E-state index is 5.66. The van der Waals surface area contributed by atoms with Crippen molar-refractivity contribution in [3.63, 3.8) is 0 Å². The molecule has 1 rings (SSSR count). The molecule has 0 fully saturated rings. The van der Waals surface area contributed by atoms with Gasteiger partial charge in [-0.1, -0.05) is 20.0 Å². The number of hydrogen-bond acceptors (Lipinski definition) is 3. The number of rotatable bonds is 4. The van der Waals surface area contributed by atoms with E-state index in [9.17, 15) is 0 Å². The third-order valence-corrected chi connectivity index (χ3v) is 1.99. The zero-order valence-electron chi connectivity index (χ0n) is 10.4. The van der Waals surface area contributed by atoms with Crippen LogP contribution in [0.25, 0.3) is 0 Å². The summed E-state index contributed by atoms with van der Waals surface area (Å²) >= 11 is 0. The Hall–Kier alpha value is -0.736. The molecule has 0 bridgehead atoms. The topological polar surface area (TPSA) is 63.3 Å². The minimum absolute atomic E-state index is 0. The molecule has 89 valence electrons. The number of nitrogens with one attached hydrogen (secondary N) is 1. The Kier molecular flexibility index (Phi) is 8.01. The van der Waals surface area contributed by atoms with Crippen LogP contribution in [0.2, 0.25) is 0 Å². The third-order valence-electron chi connectivity index (χ3n) is 1.99. The molecule has 0 atom stereocenters. The third kappa shape index (κ3) is 5.94. The molecule has 1 aromatic rings. The number of nitrogens with zero attached hydrogens (tertiary/aromatic N) is 2. The second-order valence-electron chi connectivity index (χ2n) is 3.67. The molecule has 1 radical (unpaired) electrons. The summed E-state index contributed by atoms with van der Waals surface area (Å²) in [6.07, 6.45) is 5.17. The number of aromatic nitrogens is 1. The summed E-state index contributed by atoms with van der Waals surface area (Å²) in [6, 6.07) is 4.88. The summed E-state index contributed by atoms with van der Waals surface area (Å²) in [7, 11) is 1.80. The molecule has 3 N–H and O–H groups in total. The monoisotopic (exact) mass is 306 g/mol. The van der Waals surface area contributed by atoms with Gasteiger partial charge in [0.1, 0.15) is 5.84 Å². The van der Waals surface area contributed by atoms with Gasteiger partial charge < -0.3 is 16.0 Å². The molecule has 0 spiro atoms. The first-order valence-electron chi connectivity index (χ1n) is 5.19. The van der Waals surface area contributed by atoms with Crippen LogP contribution in [-0.2, 0) is 32.7 Å². The van der Waals surface area contributed by atoms with Gasteiger partial charge in [-0.3, -0.25) is 4.99 Å². The van der Waals surface area contributed by atoms with Crippen molar-refractivity contribution >= 4 is 11.7 Å². The molecule has 0 aromatic carbocycles. The van der Waals surface area contributed by atoms with Crippen molar-refractivity contribution in [2.75, 3.05) is 7.05 Å². The smallest absolute Gasteiger partial charge is 0.113 e. The van der Waals surface area contributed by atoms with Crippen LogP contribution in [0.15, 0.2) is 29.5 Å². The van der Waals surface area contributed by atoms with Gasteiger partial charge in [0.25, 0.3) is 0 Å². The van der Waals surface area contributed by atoms with E-state index < -0.39 is 0 Å². The van der Waals surface area contributed by atoms with Crippen molar-refractivity contribution in [1.29, 1.82) is 0 Å². The number of pyridine rings is 1. The van der Waals surface area contributed by atoms with Crippen LogP contribution in [-0.4, -0.2) is 17.9 Å². The average molecular weight is 306 g/mol.